The maximum atomic E-state index is 8.24. The lowest BCUT2D eigenvalue weighted by molar-refractivity contribution is -0.649. The first-order valence-corrected chi connectivity index (χ1v) is 18.3. The summed E-state index contributed by atoms with van der Waals surface area (Å²) in [6, 6.07) is 39.7. The SMILES string of the molecule is [2H]C([2H])([2H])[n+]1[c-]n(-c2cccc(-n3c4cc5c(cc4n4c6cccc(C)c6nc34)n3c4cccc(C)c4cc3n5-c3cc(C(C)(C)C)ccn3)c2)c2ccccc21. The Labute approximate surface area is 315 Å². The van der Waals surface area contributed by atoms with Crippen LogP contribution in [0, 0.1) is 20.2 Å². The highest BCUT2D eigenvalue weighted by molar-refractivity contribution is 6.04. The molecule has 0 radical (unpaired) electrons. The van der Waals surface area contributed by atoms with Crippen molar-refractivity contribution in [2.45, 2.75) is 40.0 Å². The molecule has 0 aliphatic carbocycles. The zero-order chi connectivity index (χ0) is 39.1. The molecule has 262 valence electrons. The number of para-hydroxylation sites is 3. The number of aromatic nitrogens is 8. The second kappa shape index (κ2) is 10.7. The molecule has 0 bridgehead atoms. The van der Waals surface area contributed by atoms with Crippen LogP contribution in [0.2, 0.25) is 0 Å². The Bertz CT molecular complexity index is 3470. The minimum absolute atomic E-state index is 0.0666. The number of pyridine rings is 1. The first kappa shape index (κ1) is 27.9. The fourth-order valence-corrected chi connectivity index (χ4v) is 8.42. The quantitative estimate of drug-likeness (QED) is 0.136. The van der Waals surface area contributed by atoms with E-state index < -0.39 is 6.98 Å². The van der Waals surface area contributed by atoms with Gasteiger partial charge in [-0.25, -0.2) is 9.97 Å². The second-order valence-electron chi connectivity index (χ2n) is 15.5. The molecule has 0 saturated heterocycles. The average Bonchev–Trinajstić information content (AvgIpc) is 3.98. The molecular formula is C46H38N8. The lowest BCUT2D eigenvalue weighted by atomic mass is 9.88. The maximum absolute atomic E-state index is 8.24. The molecule has 0 aliphatic rings. The number of aryl methyl sites for hydroxylation is 3. The number of nitrogens with zero attached hydrogens (tertiary/aromatic N) is 8. The minimum Gasteiger partial charge on any atom is -0.319 e. The summed E-state index contributed by atoms with van der Waals surface area (Å²) in [6.45, 7) is 8.56. The average molecular weight is 706 g/mol. The highest BCUT2D eigenvalue weighted by atomic mass is 15.2. The van der Waals surface area contributed by atoms with Crippen LogP contribution in [0.3, 0.4) is 0 Å². The summed E-state index contributed by atoms with van der Waals surface area (Å²) in [5, 5.41) is 1.20. The number of benzene rings is 5. The smallest absolute Gasteiger partial charge is 0.244 e. The molecule has 0 amide bonds. The van der Waals surface area contributed by atoms with Crippen LogP contribution in [-0.2, 0) is 12.4 Å². The Morgan fingerprint density at radius 3 is 2.22 bits per heavy atom. The van der Waals surface area contributed by atoms with Crippen LogP contribution < -0.4 is 4.57 Å². The number of hydrogen-bond donors (Lipinski definition) is 0. The van der Waals surface area contributed by atoms with E-state index in [1.165, 1.54) is 21.1 Å². The van der Waals surface area contributed by atoms with Gasteiger partial charge in [-0.3, -0.25) is 17.9 Å². The molecule has 8 nitrogen and oxygen atoms in total. The predicted octanol–water partition coefficient (Wildman–Crippen LogP) is 9.66. The van der Waals surface area contributed by atoms with E-state index in [9.17, 15) is 0 Å². The normalized spacial score (nSPS) is 13.7. The summed E-state index contributed by atoms with van der Waals surface area (Å²) in [7, 11) is 0. The molecule has 11 rings (SSSR count). The van der Waals surface area contributed by atoms with Crippen molar-refractivity contribution in [3.8, 4) is 17.2 Å². The highest BCUT2D eigenvalue weighted by Crippen LogP contribution is 2.38. The van der Waals surface area contributed by atoms with Crippen molar-refractivity contribution in [3.05, 3.63) is 144 Å². The van der Waals surface area contributed by atoms with Gasteiger partial charge >= 0.3 is 0 Å². The van der Waals surface area contributed by atoms with E-state index in [2.05, 4.69) is 138 Å². The molecule has 0 fully saturated rings. The third-order valence-corrected chi connectivity index (χ3v) is 11.1. The molecule has 0 atom stereocenters. The van der Waals surface area contributed by atoms with E-state index in [1.54, 1.807) is 0 Å². The highest BCUT2D eigenvalue weighted by Gasteiger charge is 2.24. The molecule has 0 saturated carbocycles. The van der Waals surface area contributed by atoms with Crippen molar-refractivity contribution >= 4 is 66.5 Å². The molecule has 6 aromatic heterocycles. The van der Waals surface area contributed by atoms with Crippen LogP contribution in [-0.4, -0.2) is 32.5 Å². The monoisotopic (exact) mass is 705 g/mol. The van der Waals surface area contributed by atoms with E-state index in [1.807, 2.05) is 47.2 Å². The number of hydrogen-bond acceptors (Lipinski definition) is 2. The van der Waals surface area contributed by atoms with Crippen molar-refractivity contribution < 1.29 is 8.68 Å². The van der Waals surface area contributed by atoms with Crippen LogP contribution in [0.25, 0.3) is 83.7 Å². The molecule has 11 aromatic rings. The van der Waals surface area contributed by atoms with Crippen LogP contribution >= 0.6 is 0 Å². The molecule has 0 aliphatic heterocycles. The largest absolute Gasteiger partial charge is 0.319 e. The molecular weight excluding hydrogens is 665 g/mol. The minimum atomic E-state index is -2.39. The fraction of sp³-hybridized carbons (Fsp3) is 0.152. The summed E-state index contributed by atoms with van der Waals surface area (Å²) in [5.74, 6) is 1.63. The Balaban J connectivity index is 1.27. The van der Waals surface area contributed by atoms with Crippen molar-refractivity contribution in [1.82, 2.24) is 32.5 Å². The molecule has 54 heavy (non-hydrogen) atoms. The summed E-state index contributed by atoms with van der Waals surface area (Å²) in [4.78, 5) is 10.3. The predicted molar refractivity (Wildman–Crippen MR) is 218 cm³/mol. The van der Waals surface area contributed by atoms with E-state index >= 15 is 0 Å². The van der Waals surface area contributed by atoms with Gasteiger partial charge in [0.05, 0.1) is 66.4 Å². The topological polar surface area (TPSA) is 53.3 Å². The van der Waals surface area contributed by atoms with Gasteiger partial charge in [-0.2, -0.15) is 0 Å². The Kier molecular flexibility index (Phi) is 5.53. The first-order chi connectivity index (χ1) is 27.4. The zero-order valence-corrected chi connectivity index (χ0v) is 30.6. The third-order valence-electron chi connectivity index (χ3n) is 11.1. The second-order valence-corrected chi connectivity index (χ2v) is 15.5. The Morgan fingerprint density at radius 1 is 0.648 bits per heavy atom. The van der Waals surface area contributed by atoms with Gasteiger partial charge in [0.15, 0.2) is 0 Å². The first-order valence-electron chi connectivity index (χ1n) is 19.8. The summed E-state index contributed by atoms with van der Waals surface area (Å²) < 4.78 is 36.9. The van der Waals surface area contributed by atoms with Crippen molar-refractivity contribution in [2.24, 2.45) is 6.98 Å². The van der Waals surface area contributed by atoms with Gasteiger partial charge in [-0.15, -0.1) is 0 Å². The van der Waals surface area contributed by atoms with Crippen molar-refractivity contribution in [2.75, 3.05) is 0 Å². The van der Waals surface area contributed by atoms with Crippen molar-refractivity contribution in [1.29, 1.82) is 0 Å². The number of fused-ring (bicyclic) bond motifs is 11. The zero-order valence-electron chi connectivity index (χ0n) is 33.6. The van der Waals surface area contributed by atoms with Gasteiger partial charge in [0.25, 0.3) is 0 Å². The van der Waals surface area contributed by atoms with Gasteiger partial charge < -0.3 is 9.13 Å². The van der Waals surface area contributed by atoms with E-state index in [0.717, 1.165) is 78.3 Å². The maximum Gasteiger partial charge on any atom is 0.244 e. The van der Waals surface area contributed by atoms with Crippen LogP contribution in [0.1, 0.15) is 41.6 Å². The van der Waals surface area contributed by atoms with Gasteiger partial charge in [-0.05, 0) is 90.6 Å². The van der Waals surface area contributed by atoms with E-state index in [4.69, 9.17) is 14.1 Å². The summed E-state index contributed by atoms with van der Waals surface area (Å²) in [5.41, 5.74) is 14.6. The lowest BCUT2D eigenvalue weighted by Gasteiger charge is -2.19. The lowest BCUT2D eigenvalue weighted by Crippen LogP contribution is -2.26. The Hall–Kier alpha value is -6.67. The van der Waals surface area contributed by atoms with E-state index in [-0.39, 0.29) is 5.41 Å². The van der Waals surface area contributed by atoms with Gasteiger partial charge in [0.1, 0.15) is 11.5 Å². The molecule has 8 heteroatoms. The Morgan fingerprint density at radius 2 is 1.37 bits per heavy atom. The third kappa shape index (κ3) is 4.16. The van der Waals surface area contributed by atoms with Crippen molar-refractivity contribution in [3.63, 3.8) is 0 Å². The molecule has 5 aromatic carbocycles. The van der Waals surface area contributed by atoms with Crippen LogP contribution in [0.15, 0.2) is 121 Å². The molecule has 0 spiro atoms. The van der Waals surface area contributed by atoms with Gasteiger partial charge in [-0.1, -0.05) is 81.4 Å². The number of rotatable bonds is 3. The molecule has 6 heterocycles. The van der Waals surface area contributed by atoms with Crippen LogP contribution in [0.5, 0.6) is 0 Å². The van der Waals surface area contributed by atoms with Gasteiger partial charge in [0.2, 0.25) is 12.1 Å². The van der Waals surface area contributed by atoms with Gasteiger partial charge in [0, 0.05) is 17.3 Å². The summed E-state index contributed by atoms with van der Waals surface area (Å²) >= 11 is 0. The standard InChI is InChI=1S/C46H38N8/c1-28-12-9-18-34-33(28)24-43-52(34)39-26-40-38(25-41(39)54(43)42-22-30(20-21-47-42)46(3,4)5)51(45-48-44-29(2)13-10-19-37(44)53(40)45)32-15-11-14-31(23-32)50-27-49(6)35-16-7-8-17-36(35)50/h7-26H,1-6H3/i6D3. The van der Waals surface area contributed by atoms with Crippen LogP contribution in [0.4, 0.5) is 0 Å². The molecule has 0 N–H and O–H groups in total. The molecule has 0 unspecified atom stereocenters. The summed E-state index contributed by atoms with van der Waals surface area (Å²) in [6.07, 6.45) is 5.06. The fourth-order valence-electron chi connectivity index (χ4n) is 8.42. The number of imidazole rings is 4. The van der Waals surface area contributed by atoms with E-state index in [0.29, 0.717) is 5.52 Å².